The molecule has 2 aromatic rings. The highest BCUT2D eigenvalue weighted by molar-refractivity contribution is 7.98. The molecule has 1 N–H and O–H groups in total. The molecule has 0 spiro atoms. The summed E-state index contributed by atoms with van der Waals surface area (Å²) in [6.45, 7) is 1.91. The smallest absolute Gasteiger partial charge is 0.256 e. The lowest BCUT2D eigenvalue weighted by molar-refractivity contribution is 0.454. The van der Waals surface area contributed by atoms with Crippen molar-refractivity contribution in [3.05, 3.63) is 35.9 Å². The topological polar surface area (TPSA) is 51.0 Å². The molecule has 0 bridgehead atoms. The first kappa shape index (κ1) is 11.0. The Labute approximate surface area is 98.5 Å². The van der Waals surface area contributed by atoms with E-state index in [0.717, 1.165) is 22.8 Å². The van der Waals surface area contributed by atoms with E-state index in [1.54, 1.807) is 24.2 Å². The number of oxazole rings is 1. The Morgan fingerprint density at radius 3 is 3.06 bits per heavy atom. The first-order valence-electron chi connectivity index (χ1n) is 4.96. The molecule has 16 heavy (non-hydrogen) atoms. The van der Waals surface area contributed by atoms with Gasteiger partial charge < -0.3 is 9.73 Å². The van der Waals surface area contributed by atoms with Gasteiger partial charge in [-0.05, 0) is 13.0 Å². The van der Waals surface area contributed by atoms with Crippen LogP contribution >= 0.6 is 11.8 Å². The minimum Gasteiger partial charge on any atom is -0.440 e. The van der Waals surface area contributed by atoms with Gasteiger partial charge in [0.1, 0.15) is 12.1 Å². The molecule has 2 rings (SSSR count). The number of hydrogen-bond acceptors (Lipinski definition) is 5. The predicted molar refractivity (Wildman–Crippen MR) is 64.6 cm³/mol. The Hall–Kier alpha value is -1.49. The fourth-order valence-electron chi connectivity index (χ4n) is 1.32. The van der Waals surface area contributed by atoms with Gasteiger partial charge in [0.15, 0.2) is 0 Å². The van der Waals surface area contributed by atoms with E-state index >= 15 is 0 Å². The van der Waals surface area contributed by atoms with Crippen molar-refractivity contribution in [2.24, 2.45) is 0 Å². The van der Waals surface area contributed by atoms with Gasteiger partial charge in [-0.2, -0.15) is 0 Å². The van der Waals surface area contributed by atoms with Crippen LogP contribution < -0.4 is 5.32 Å². The summed E-state index contributed by atoms with van der Waals surface area (Å²) in [5.41, 5.74) is 2.05. The van der Waals surface area contributed by atoms with Gasteiger partial charge in [0, 0.05) is 24.6 Å². The standard InChI is InChI=1S/C11H13N3OS/c1-8-6-15-11(14-8)16-7-9-4-3-5-13-10(9)12-2/h3-6H,7H2,1-2H3,(H,12,13). The highest BCUT2D eigenvalue weighted by Gasteiger charge is 2.05. The molecule has 0 saturated carbocycles. The molecule has 0 aromatic carbocycles. The monoisotopic (exact) mass is 235 g/mol. The maximum atomic E-state index is 5.27. The summed E-state index contributed by atoms with van der Waals surface area (Å²) in [4.78, 5) is 8.48. The Morgan fingerprint density at radius 2 is 2.38 bits per heavy atom. The van der Waals surface area contributed by atoms with Crippen molar-refractivity contribution in [1.29, 1.82) is 0 Å². The van der Waals surface area contributed by atoms with Crippen LogP contribution in [-0.2, 0) is 5.75 Å². The SMILES string of the molecule is CNc1ncccc1CSc1nc(C)co1. The number of aryl methyl sites for hydroxylation is 1. The van der Waals surface area contributed by atoms with Crippen molar-refractivity contribution in [2.75, 3.05) is 12.4 Å². The Bertz CT molecular complexity index is 470. The summed E-state index contributed by atoms with van der Waals surface area (Å²) in [7, 11) is 1.87. The summed E-state index contributed by atoms with van der Waals surface area (Å²) < 4.78 is 5.27. The molecule has 5 heteroatoms. The molecule has 0 aliphatic rings. The van der Waals surface area contributed by atoms with Gasteiger partial charge in [-0.1, -0.05) is 17.8 Å². The number of hydrogen-bond donors (Lipinski definition) is 1. The van der Waals surface area contributed by atoms with Gasteiger partial charge in [0.25, 0.3) is 5.22 Å². The van der Waals surface area contributed by atoms with Crippen LogP contribution in [-0.4, -0.2) is 17.0 Å². The zero-order valence-corrected chi connectivity index (χ0v) is 10.0. The molecule has 0 aliphatic carbocycles. The quantitative estimate of drug-likeness (QED) is 0.826. The first-order chi connectivity index (χ1) is 7.79. The van der Waals surface area contributed by atoms with Gasteiger partial charge in [0.05, 0.1) is 5.69 Å². The Morgan fingerprint density at radius 1 is 1.50 bits per heavy atom. The fourth-order valence-corrected chi connectivity index (χ4v) is 2.15. The van der Waals surface area contributed by atoms with Crippen molar-refractivity contribution in [3.8, 4) is 0 Å². The van der Waals surface area contributed by atoms with E-state index in [1.165, 1.54) is 0 Å². The van der Waals surface area contributed by atoms with Crippen LogP contribution in [0.4, 0.5) is 5.82 Å². The average molecular weight is 235 g/mol. The Balaban J connectivity index is 2.04. The molecule has 0 fully saturated rings. The van der Waals surface area contributed by atoms with Gasteiger partial charge >= 0.3 is 0 Å². The van der Waals surface area contributed by atoms with Crippen LogP contribution in [0.2, 0.25) is 0 Å². The number of nitrogens with zero attached hydrogens (tertiary/aromatic N) is 2. The highest BCUT2D eigenvalue weighted by Crippen LogP contribution is 2.24. The average Bonchev–Trinajstić information content (AvgIpc) is 2.73. The third kappa shape index (κ3) is 2.55. The number of aromatic nitrogens is 2. The summed E-state index contributed by atoms with van der Waals surface area (Å²) in [5, 5.41) is 3.76. The van der Waals surface area contributed by atoms with Crippen LogP contribution in [0, 0.1) is 6.92 Å². The second kappa shape index (κ2) is 5.03. The van der Waals surface area contributed by atoms with Crippen molar-refractivity contribution in [3.63, 3.8) is 0 Å². The van der Waals surface area contributed by atoms with E-state index in [0.29, 0.717) is 5.22 Å². The number of nitrogens with one attached hydrogen (secondary N) is 1. The minimum absolute atomic E-state index is 0.698. The van der Waals surface area contributed by atoms with Crippen molar-refractivity contribution < 1.29 is 4.42 Å². The van der Waals surface area contributed by atoms with Crippen molar-refractivity contribution in [1.82, 2.24) is 9.97 Å². The highest BCUT2D eigenvalue weighted by atomic mass is 32.2. The van der Waals surface area contributed by atoms with E-state index in [-0.39, 0.29) is 0 Å². The maximum Gasteiger partial charge on any atom is 0.256 e. The molecule has 2 aromatic heterocycles. The van der Waals surface area contributed by atoms with Crippen LogP contribution in [0.5, 0.6) is 0 Å². The van der Waals surface area contributed by atoms with Gasteiger partial charge in [-0.3, -0.25) is 0 Å². The lowest BCUT2D eigenvalue weighted by Crippen LogP contribution is -1.96. The van der Waals surface area contributed by atoms with Crippen molar-refractivity contribution in [2.45, 2.75) is 17.9 Å². The molecule has 4 nitrogen and oxygen atoms in total. The van der Waals surface area contributed by atoms with Gasteiger partial charge in [0.2, 0.25) is 0 Å². The second-order valence-corrected chi connectivity index (χ2v) is 4.23. The van der Waals surface area contributed by atoms with E-state index in [2.05, 4.69) is 15.3 Å². The van der Waals surface area contributed by atoms with E-state index in [4.69, 9.17) is 4.42 Å². The third-order valence-corrected chi connectivity index (χ3v) is 2.97. The summed E-state index contributed by atoms with van der Waals surface area (Å²) in [6, 6.07) is 3.97. The zero-order chi connectivity index (χ0) is 11.4. The van der Waals surface area contributed by atoms with Crippen molar-refractivity contribution >= 4 is 17.6 Å². The molecule has 0 saturated heterocycles. The third-order valence-electron chi connectivity index (χ3n) is 2.08. The lowest BCUT2D eigenvalue weighted by atomic mass is 10.3. The second-order valence-electron chi connectivity index (χ2n) is 3.30. The van der Waals surface area contributed by atoms with Gasteiger partial charge in [-0.25, -0.2) is 9.97 Å². The zero-order valence-electron chi connectivity index (χ0n) is 9.23. The molecule has 0 radical (unpaired) electrons. The molecule has 0 aliphatic heterocycles. The summed E-state index contributed by atoms with van der Waals surface area (Å²) in [5.74, 6) is 1.70. The Kier molecular flexibility index (Phi) is 3.46. The first-order valence-corrected chi connectivity index (χ1v) is 5.94. The lowest BCUT2D eigenvalue weighted by Gasteiger charge is -2.05. The largest absolute Gasteiger partial charge is 0.440 e. The molecule has 0 atom stereocenters. The molecular weight excluding hydrogens is 222 g/mol. The van der Waals surface area contributed by atoms with Crippen LogP contribution in [0.25, 0.3) is 0 Å². The van der Waals surface area contributed by atoms with E-state index in [1.807, 2.05) is 26.1 Å². The molecule has 2 heterocycles. The van der Waals surface area contributed by atoms with Crippen LogP contribution in [0.15, 0.2) is 34.2 Å². The number of thioether (sulfide) groups is 1. The molecule has 0 amide bonds. The number of anilines is 1. The molecular formula is C11H13N3OS. The summed E-state index contributed by atoms with van der Waals surface area (Å²) >= 11 is 1.57. The number of pyridine rings is 1. The fraction of sp³-hybridized carbons (Fsp3) is 0.273. The van der Waals surface area contributed by atoms with Gasteiger partial charge in [-0.15, -0.1) is 0 Å². The number of rotatable bonds is 4. The summed E-state index contributed by atoms with van der Waals surface area (Å²) in [6.07, 6.45) is 3.43. The maximum absolute atomic E-state index is 5.27. The minimum atomic E-state index is 0.698. The molecule has 84 valence electrons. The van der Waals surface area contributed by atoms with Crippen LogP contribution in [0.1, 0.15) is 11.3 Å². The molecule has 0 unspecified atom stereocenters. The van der Waals surface area contributed by atoms with E-state index < -0.39 is 0 Å². The predicted octanol–water partition coefficient (Wildman–Crippen LogP) is 2.71. The van der Waals surface area contributed by atoms with E-state index in [9.17, 15) is 0 Å². The van der Waals surface area contributed by atoms with Crippen LogP contribution in [0.3, 0.4) is 0 Å². The normalized spacial score (nSPS) is 10.4.